The molecule has 2 heteroatoms. The first kappa shape index (κ1) is 13.9. The molecule has 100 valence electrons. The van der Waals surface area contributed by atoms with Gasteiger partial charge in [0, 0.05) is 11.9 Å². The standard InChI is InChI=1S/C16H24ClN/c1-12-4-3-5-13(2)16(12)11-18-10-14-6-8-15(17)9-7-14/h3-5,14-15,18H,6-11H2,1-2H3. The lowest BCUT2D eigenvalue weighted by molar-refractivity contribution is 0.345. The Labute approximate surface area is 116 Å². The first-order valence-electron chi connectivity index (χ1n) is 7.06. The highest BCUT2D eigenvalue weighted by Crippen LogP contribution is 2.27. The highest BCUT2D eigenvalue weighted by Gasteiger charge is 2.18. The van der Waals surface area contributed by atoms with E-state index >= 15 is 0 Å². The Hall–Kier alpha value is -0.530. The summed E-state index contributed by atoms with van der Waals surface area (Å²) in [7, 11) is 0. The molecule has 0 aromatic heterocycles. The van der Waals surface area contributed by atoms with Gasteiger partial charge < -0.3 is 5.32 Å². The maximum atomic E-state index is 6.13. The fourth-order valence-electron chi connectivity index (χ4n) is 2.86. The van der Waals surface area contributed by atoms with Crippen LogP contribution in [0.25, 0.3) is 0 Å². The number of rotatable bonds is 4. The molecule has 0 atom stereocenters. The van der Waals surface area contributed by atoms with E-state index in [9.17, 15) is 0 Å². The van der Waals surface area contributed by atoms with Gasteiger partial charge in [-0.3, -0.25) is 0 Å². The van der Waals surface area contributed by atoms with Crippen LogP contribution in [-0.4, -0.2) is 11.9 Å². The van der Waals surface area contributed by atoms with Gasteiger partial charge in [-0.1, -0.05) is 18.2 Å². The minimum absolute atomic E-state index is 0.430. The summed E-state index contributed by atoms with van der Waals surface area (Å²) in [5.41, 5.74) is 4.25. The maximum absolute atomic E-state index is 6.13. The lowest BCUT2D eigenvalue weighted by Crippen LogP contribution is -2.26. The molecular formula is C16H24ClN. The minimum Gasteiger partial charge on any atom is -0.312 e. The molecule has 1 aromatic rings. The van der Waals surface area contributed by atoms with Crippen molar-refractivity contribution in [3.05, 3.63) is 34.9 Å². The van der Waals surface area contributed by atoms with Crippen molar-refractivity contribution in [3.63, 3.8) is 0 Å². The van der Waals surface area contributed by atoms with Crippen LogP contribution < -0.4 is 5.32 Å². The topological polar surface area (TPSA) is 12.0 Å². The van der Waals surface area contributed by atoms with Gasteiger partial charge in [-0.05, 0) is 68.7 Å². The summed E-state index contributed by atoms with van der Waals surface area (Å²) in [4.78, 5) is 0. The Morgan fingerprint density at radius 2 is 1.72 bits per heavy atom. The minimum atomic E-state index is 0.430. The third-order valence-electron chi connectivity index (χ3n) is 4.16. The molecule has 0 radical (unpaired) electrons. The number of halogens is 1. The monoisotopic (exact) mass is 265 g/mol. The lowest BCUT2D eigenvalue weighted by Gasteiger charge is -2.25. The molecule has 0 heterocycles. The second-order valence-corrected chi connectivity index (χ2v) is 6.24. The predicted octanol–water partition coefficient (Wildman–Crippen LogP) is 4.19. The van der Waals surface area contributed by atoms with Crippen molar-refractivity contribution in [2.24, 2.45) is 5.92 Å². The largest absolute Gasteiger partial charge is 0.312 e. The van der Waals surface area contributed by atoms with E-state index in [-0.39, 0.29) is 0 Å². The van der Waals surface area contributed by atoms with Crippen LogP contribution in [0, 0.1) is 19.8 Å². The normalized spacial score (nSPS) is 24.2. The molecule has 1 N–H and O–H groups in total. The van der Waals surface area contributed by atoms with Crippen molar-refractivity contribution in [1.29, 1.82) is 0 Å². The van der Waals surface area contributed by atoms with Crippen molar-refractivity contribution in [2.75, 3.05) is 6.54 Å². The summed E-state index contributed by atoms with van der Waals surface area (Å²) in [6, 6.07) is 6.53. The van der Waals surface area contributed by atoms with E-state index in [1.165, 1.54) is 42.4 Å². The molecule has 1 fully saturated rings. The first-order chi connectivity index (χ1) is 8.66. The van der Waals surface area contributed by atoms with Gasteiger partial charge in [-0.15, -0.1) is 11.6 Å². The molecule has 2 rings (SSSR count). The highest BCUT2D eigenvalue weighted by molar-refractivity contribution is 6.20. The lowest BCUT2D eigenvalue weighted by atomic mass is 9.89. The van der Waals surface area contributed by atoms with Crippen molar-refractivity contribution in [3.8, 4) is 0 Å². The van der Waals surface area contributed by atoms with Crippen molar-refractivity contribution < 1.29 is 0 Å². The Balaban J connectivity index is 1.78. The second kappa shape index (κ2) is 6.58. The van der Waals surface area contributed by atoms with Crippen LogP contribution >= 0.6 is 11.6 Å². The molecule has 0 aliphatic heterocycles. The van der Waals surface area contributed by atoms with Crippen LogP contribution in [0.5, 0.6) is 0 Å². The third-order valence-corrected chi connectivity index (χ3v) is 4.59. The number of aryl methyl sites for hydroxylation is 2. The fraction of sp³-hybridized carbons (Fsp3) is 0.625. The second-order valence-electron chi connectivity index (χ2n) is 5.62. The Kier molecular flexibility index (Phi) is 5.08. The molecule has 1 aliphatic carbocycles. The van der Waals surface area contributed by atoms with E-state index in [0.717, 1.165) is 19.0 Å². The summed E-state index contributed by atoms with van der Waals surface area (Å²) >= 11 is 6.13. The van der Waals surface area contributed by atoms with Crippen molar-refractivity contribution in [1.82, 2.24) is 5.32 Å². The predicted molar refractivity (Wildman–Crippen MR) is 79.2 cm³/mol. The van der Waals surface area contributed by atoms with Gasteiger partial charge >= 0.3 is 0 Å². The molecule has 0 saturated heterocycles. The van der Waals surface area contributed by atoms with Gasteiger partial charge in [-0.25, -0.2) is 0 Å². The van der Waals surface area contributed by atoms with Gasteiger partial charge in [0.25, 0.3) is 0 Å². The van der Waals surface area contributed by atoms with E-state index in [1.807, 2.05) is 0 Å². The Bertz CT molecular complexity index is 360. The Morgan fingerprint density at radius 3 is 2.33 bits per heavy atom. The van der Waals surface area contributed by atoms with Crippen LogP contribution in [0.2, 0.25) is 0 Å². The first-order valence-corrected chi connectivity index (χ1v) is 7.50. The fourth-order valence-corrected chi connectivity index (χ4v) is 3.11. The van der Waals surface area contributed by atoms with Gasteiger partial charge in [0.1, 0.15) is 0 Å². The third kappa shape index (κ3) is 3.73. The number of hydrogen-bond acceptors (Lipinski definition) is 1. The van der Waals surface area contributed by atoms with Gasteiger partial charge in [0.05, 0.1) is 0 Å². The number of nitrogens with one attached hydrogen (secondary N) is 1. The summed E-state index contributed by atoms with van der Waals surface area (Å²) in [6.07, 6.45) is 4.95. The number of benzene rings is 1. The average Bonchev–Trinajstić information content (AvgIpc) is 2.35. The van der Waals surface area contributed by atoms with Gasteiger partial charge in [-0.2, -0.15) is 0 Å². The smallest absolute Gasteiger partial charge is 0.0336 e. The van der Waals surface area contributed by atoms with Gasteiger partial charge in [0.2, 0.25) is 0 Å². The quantitative estimate of drug-likeness (QED) is 0.805. The molecule has 0 spiro atoms. The molecule has 1 aromatic carbocycles. The highest BCUT2D eigenvalue weighted by atomic mass is 35.5. The van der Waals surface area contributed by atoms with Crippen LogP contribution in [0.1, 0.15) is 42.4 Å². The molecule has 1 saturated carbocycles. The number of hydrogen-bond donors (Lipinski definition) is 1. The molecule has 0 unspecified atom stereocenters. The van der Waals surface area contributed by atoms with Crippen LogP contribution in [0.15, 0.2) is 18.2 Å². The van der Waals surface area contributed by atoms with E-state index in [2.05, 4.69) is 37.4 Å². The molecule has 18 heavy (non-hydrogen) atoms. The molecule has 1 nitrogen and oxygen atoms in total. The van der Waals surface area contributed by atoms with Crippen molar-refractivity contribution >= 4 is 11.6 Å². The molecule has 1 aliphatic rings. The van der Waals surface area contributed by atoms with Crippen LogP contribution in [-0.2, 0) is 6.54 Å². The Morgan fingerprint density at radius 1 is 1.11 bits per heavy atom. The van der Waals surface area contributed by atoms with Crippen LogP contribution in [0.3, 0.4) is 0 Å². The van der Waals surface area contributed by atoms with E-state index in [1.54, 1.807) is 0 Å². The summed E-state index contributed by atoms with van der Waals surface area (Å²) in [5.74, 6) is 0.823. The van der Waals surface area contributed by atoms with E-state index < -0.39 is 0 Å². The van der Waals surface area contributed by atoms with Gasteiger partial charge in [0.15, 0.2) is 0 Å². The number of alkyl halides is 1. The maximum Gasteiger partial charge on any atom is 0.0336 e. The molecular weight excluding hydrogens is 242 g/mol. The zero-order valence-electron chi connectivity index (χ0n) is 11.5. The average molecular weight is 266 g/mol. The molecule has 0 bridgehead atoms. The summed E-state index contributed by atoms with van der Waals surface area (Å²) in [5, 5.41) is 4.06. The zero-order valence-corrected chi connectivity index (χ0v) is 12.3. The van der Waals surface area contributed by atoms with E-state index in [4.69, 9.17) is 11.6 Å². The SMILES string of the molecule is Cc1cccc(C)c1CNCC1CCC(Cl)CC1. The van der Waals surface area contributed by atoms with Crippen molar-refractivity contribution in [2.45, 2.75) is 51.5 Å². The molecule has 0 amide bonds. The summed E-state index contributed by atoms with van der Waals surface area (Å²) in [6.45, 7) is 6.53. The zero-order chi connectivity index (χ0) is 13.0. The summed E-state index contributed by atoms with van der Waals surface area (Å²) < 4.78 is 0. The van der Waals surface area contributed by atoms with Crippen LogP contribution in [0.4, 0.5) is 0 Å². The van der Waals surface area contributed by atoms with E-state index in [0.29, 0.717) is 5.38 Å².